The SMILES string of the molecule is O=C(O)c1ccc(/C=N\NC(=O)C(O)(c2ccccc2)c2ccccc2)cc1. The van der Waals surface area contributed by atoms with Crippen molar-refractivity contribution in [3.05, 3.63) is 107 Å². The first-order chi connectivity index (χ1) is 13.5. The summed E-state index contributed by atoms with van der Waals surface area (Å²) in [5.41, 5.74) is 2.05. The molecule has 0 unspecified atom stereocenters. The Bertz CT molecular complexity index is 945. The van der Waals surface area contributed by atoms with Gasteiger partial charge in [-0.3, -0.25) is 4.79 Å². The van der Waals surface area contributed by atoms with Gasteiger partial charge in [0.25, 0.3) is 5.91 Å². The van der Waals surface area contributed by atoms with Crippen molar-refractivity contribution in [2.24, 2.45) is 5.10 Å². The van der Waals surface area contributed by atoms with Crippen LogP contribution in [0.1, 0.15) is 27.0 Å². The zero-order valence-corrected chi connectivity index (χ0v) is 14.8. The van der Waals surface area contributed by atoms with Crippen molar-refractivity contribution < 1.29 is 19.8 Å². The minimum Gasteiger partial charge on any atom is -0.478 e. The molecule has 0 bridgehead atoms. The highest BCUT2D eigenvalue weighted by Gasteiger charge is 2.39. The second-order valence-electron chi connectivity index (χ2n) is 6.07. The van der Waals surface area contributed by atoms with Crippen LogP contribution < -0.4 is 5.43 Å². The molecule has 0 atom stereocenters. The summed E-state index contributed by atoms with van der Waals surface area (Å²) >= 11 is 0. The molecular formula is C22H18N2O4. The average molecular weight is 374 g/mol. The number of aromatic carboxylic acids is 1. The standard InChI is InChI=1S/C22H18N2O4/c25-20(26)17-13-11-16(12-14-17)15-23-24-21(27)22(28,18-7-3-1-4-8-18)19-9-5-2-6-10-19/h1-15,28H,(H,24,27)(H,25,26)/b23-15-. The van der Waals surface area contributed by atoms with E-state index in [9.17, 15) is 14.7 Å². The Labute approximate surface area is 161 Å². The minimum absolute atomic E-state index is 0.156. The lowest BCUT2D eigenvalue weighted by Gasteiger charge is -2.27. The van der Waals surface area contributed by atoms with E-state index in [0.29, 0.717) is 16.7 Å². The van der Waals surface area contributed by atoms with Gasteiger partial charge < -0.3 is 10.2 Å². The van der Waals surface area contributed by atoms with Crippen molar-refractivity contribution in [3.8, 4) is 0 Å². The highest BCUT2D eigenvalue weighted by molar-refractivity contribution is 5.92. The summed E-state index contributed by atoms with van der Waals surface area (Å²) in [7, 11) is 0. The molecule has 0 fully saturated rings. The molecule has 28 heavy (non-hydrogen) atoms. The number of hydrogen-bond donors (Lipinski definition) is 3. The van der Waals surface area contributed by atoms with Crippen LogP contribution in [0.25, 0.3) is 0 Å². The first kappa shape index (κ1) is 19.0. The van der Waals surface area contributed by atoms with E-state index >= 15 is 0 Å². The monoisotopic (exact) mass is 374 g/mol. The molecule has 0 saturated heterocycles. The first-order valence-corrected chi connectivity index (χ1v) is 8.52. The number of carboxylic acid groups (broad SMARTS) is 1. The summed E-state index contributed by atoms with van der Waals surface area (Å²) in [6, 6.07) is 23.2. The number of carboxylic acids is 1. The molecule has 3 aromatic rings. The van der Waals surface area contributed by atoms with Gasteiger partial charge in [0.05, 0.1) is 11.8 Å². The molecule has 6 nitrogen and oxygen atoms in total. The molecule has 3 aromatic carbocycles. The van der Waals surface area contributed by atoms with Crippen LogP contribution in [-0.4, -0.2) is 28.3 Å². The fraction of sp³-hybridized carbons (Fsp3) is 0.0455. The van der Waals surface area contributed by atoms with Crippen molar-refractivity contribution in [1.29, 1.82) is 0 Å². The van der Waals surface area contributed by atoms with Crippen molar-refractivity contribution in [2.45, 2.75) is 5.60 Å². The predicted molar refractivity (Wildman–Crippen MR) is 105 cm³/mol. The fourth-order valence-electron chi connectivity index (χ4n) is 2.75. The number of carbonyl (C=O) groups is 2. The van der Waals surface area contributed by atoms with Gasteiger partial charge >= 0.3 is 5.97 Å². The van der Waals surface area contributed by atoms with E-state index in [4.69, 9.17) is 5.11 Å². The van der Waals surface area contributed by atoms with Crippen molar-refractivity contribution in [2.75, 3.05) is 0 Å². The van der Waals surface area contributed by atoms with E-state index in [0.717, 1.165) is 0 Å². The second-order valence-corrected chi connectivity index (χ2v) is 6.07. The van der Waals surface area contributed by atoms with E-state index < -0.39 is 17.5 Å². The van der Waals surface area contributed by atoms with Gasteiger partial charge in [-0.1, -0.05) is 72.8 Å². The maximum absolute atomic E-state index is 12.8. The number of hydrazone groups is 1. The molecule has 3 N–H and O–H groups in total. The van der Waals surface area contributed by atoms with Crippen molar-refractivity contribution in [3.63, 3.8) is 0 Å². The third-order valence-electron chi connectivity index (χ3n) is 4.25. The Morgan fingerprint density at radius 3 is 1.79 bits per heavy atom. The highest BCUT2D eigenvalue weighted by atomic mass is 16.4. The van der Waals surface area contributed by atoms with Gasteiger partial charge in [0.1, 0.15) is 0 Å². The molecule has 0 aromatic heterocycles. The Morgan fingerprint density at radius 1 is 0.821 bits per heavy atom. The van der Waals surface area contributed by atoms with Crippen LogP contribution in [0.15, 0.2) is 90.0 Å². The summed E-state index contributed by atoms with van der Waals surface area (Å²) in [4.78, 5) is 23.7. The molecule has 1 amide bonds. The van der Waals surface area contributed by atoms with Crippen LogP contribution in [0.3, 0.4) is 0 Å². The maximum atomic E-state index is 12.8. The van der Waals surface area contributed by atoms with Gasteiger partial charge in [-0.05, 0) is 28.8 Å². The lowest BCUT2D eigenvalue weighted by atomic mass is 9.85. The topological polar surface area (TPSA) is 99.0 Å². The molecule has 0 aliphatic carbocycles. The molecule has 0 aliphatic rings. The Kier molecular flexibility index (Phi) is 5.62. The van der Waals surface area contributed by atoms with E-state index in [1.807, 2.05) is 0 Å². The van der Waals surface area contributed by atoms with Crippen molar-refractivity contribution >= 4 is 18.1 Å². The smallest absolute Gasteiger partial charge is 0.335 e. The Balaban J connectivity index is 1.83. The molecule has 6 heteroatoms. The number of benzene rings is 3. The number of nitrogens with zero attached hydrogens (tertiary/aromatic N) is 1. The number of hydrogen-bond acceptors (Lipinski definition) is 4. The van der Waals surface area contributed by atoms with Gasteiger partial charge in [0.2, 0.25) is 0 Å². The lowest BCUT2D eigenvalue weighted by molar-refractivity contribution is -0.136. The molecular weight excluding hydrogens is 356 g/mol. The highest BCUT2D eigenvalue weighted by Crippen LogP contribution is 2.29. The summed E-state index contributed by atoms with van der Waals surface area (Å²) < 4.78 is 0. The second kappa shape index (κ2) is 8.28. The molecule has 0 saturated carbocycles. The van der Waals surface area contributed by atoms with Crippen LogP contribution >= 0.6 is 0 Å². The largest absolute Gasteiger partial charge is 0.478 e. The predicted octanol–water partition coefficient (Wildman–Crippen LogP) is 2.77. The molecule has 0 radical (unpaired) electrons. The van der Waals surface area contributed by atoms with Crippen LogP contribution in [0.2, 0.25) is 0 Å². The van der Waals surface area contributed by atoms with E-state index in [-0.39, 0.29) is 5.56 Å². The van der Waals surface area contributed by atoms with Crippen LogP contribution in [-0.2, 0) is 10.4 Å². The third-order valence-corrected chi connectivity index (χ3v) is 4.25. The quantitative estimate of drug-likeness (QED) is 0.456. The lowest BCUT2D eigenvalue weighted by Crippen LogP contribution is -2.43. The molecule has 0 heterocycles. The molecule has 3 rings (SSSR count). The summed E-state index contributed by atoms with van der Waals surface area (Å²) in [5.74, 6) is -1.73. The number of amides is 1. The zero-order valence-electron chi connectivity index (χ0n) is 14.8. The van der Waals surface area contributed by atoms with Crippen molar-refractivity contribution in [1.82, 2.24) is 5.43 Å². The average Bonchev–Trinajstić information content (AvgIpc) is 2.74. The minimum atomic E-state index is -1.91. The maximum Gasteiger partial charge on any atom is 0.335 e. The van der Waals surface area contributed by atoms with Gasteiger partial charge in [-0.25, -0.2) is 10.2 Å². The third kappa shape index (κ3) is 3.97. The number of rotatable bonds is 6. The normalized spacial score (nSPS) is 11.3. The molecule has 0 spiro atoms. The summed E-state index contributed by atoms with van der Waals surface area (Å²) in [5, 5.41) is 24.1. The number of aliphatic hydroxyl groups is 1. The van der Waals surface area contributed by atoms with Gasteiger partial charge in [0, 0.05) is 0 Å². The summed E-state index contributed by atoms with van der Waals surface area (Å²) in [6.45, 7) is 0. The van der Waals surface area contributed by atoms with Crippen LogP contribution in [0.5, 0.6) is 0 Å². The number of carbonyl (C=O) groups excluding carboxylic acids is 1. The molecule has 140 valence electrons. The Morgan fingerprint density at radius 2 is 1.32 bits per heavy atom. The zero-order chi connectivity index (χ0) is 20.0. The van der Waals surface area contributed by atoms with Crippen LogP contribution in [0.4, 0.5) is 0 Å². The van der Waals surface area contributed by atoms with E-state index in [1.54, 1.807) is 72.8 Å². The number of nitrogens with one attached hydrogen (secondary N) is 1. The summed E-state index contributed by atoms with van der Waals surface area (Å²) in [6.07, 6.45) is 1.37. The molecule has 0 aliphatic heterocycles. The van der Waals surface area contributed by atoms with E-state index in [1.165, 1.54) is 18.3 Å². The first-order valence-electron chi connectivity index (χ1n) is 8.52. The van der Waals surface area contributed by atoms with Gasteiger partial charge in [-0.15, -0.1) is 0 Å². The van der Waals surface area contributed by atoms with E-state index in [2.05, 4.69) is 10.5 Å². The fourth-order valence-corrected chi connectivity index (χ4v) is 2.75. The van der Waals surface area contributed by atoms with Crippen LogP contribution in [0, 0.1) is 0 Å². The Hall–Kier alpha value is -3.77. The van der Waals surface area contributed by atoms with Gasteiger partial charge in [0.15, 0.2) is 5.60 Å². The van der Waals surface area contributed by atoms with Gasteiger partial charge in [-0.2, -0.15) is 5.10 Å².